The molecule has 2 rings (SSSR count). The maximum atomic E-state index is 9.19. The molecule has 0 bridgehead atoms. The van der Waals surface area contributed by atoms with Crippen molar-refractivity contribution in [2.75, 3.05) is 13.7 Å². The molecule has 0 aliphatic heterocycles. The predicted octanol–water partition coefficient (Wildman–Crippen LogP) is 1.88. The number of nitrogens with zero attached hydrogens (tertiary/aromatic N) is 1. The summed E-state index contributed by atoms with van der Waals surface area (Å²) in [6.45, 7) is 4.63. The molecule has 1 fully saturated rings. The van der Waals surface area contributed by atoms with Crippen LogP contribution < -0.4 is 4.74 Å². The minimum atomic E-state index is 0.215. The van der Waals surface area contributed by atoms with Crippen molar-refractivity contribution < 1.29 is 9.84 Å². The van der Waals surface area contributed by atoms with Crippen LogP contribution in [0.1, 0.15) is 24.6 Å². The van der Waals surface area contributed by atoms with E-state index in [1.807, 2.05) is 6.07 Å². The van der Waals surface area contributed by atoms with Gasteiger partial charge in [-0.25, -0.2) is 0 Å². The second-order valence-electron chi connectivity index (χ2n) is 4.36. The van der Waals surface area contributed by atoms with Crippen molar-refractivity contribution in [3.05, 3.63) is 10.9 Å². The molecule has 0 spiro atoms. The fourth-order valence-electron chi connectivity index (χ4n) is 2.16. The molecule has 1 aliphatic rings. The second kappa shape index (κ2) is 3.21. The lowest BCUT2D eigenvalue weighted by Crippen LogP contribution is -1.93. The molecule has 14 heavy (non-hydrogen) atoms. The Hall–Kier alpha value is -0.610. The molecule has 1 heterocycles. The molecule has 1 N–H and O–H groups in total. The molecule has 0 aromatic carbocycles. The topological polar surface area (TPSA) is 42.4 Å². The number of rotatable bonds is 3. The van der Waals surface area contributed by atoms with Gasteiger partial charge in [-0.15, -0.1) is 0 Å². The number of hydrogen-bond donors (Lipinski definition) is 1. The van der Waals surface area contributed by atoms with E-state index in [0.29, 0.717) is 17.7 Å². The van der Waals surface area contributed by atoms with Crippen molar-refractivity contribution in [1.82, 2.24) is 4.37 Å². The van der Waals surface area contributed by atoms with Gasteiger partial charge < -0.3 is 9.84 Å². The molecule has 2 atom stereocenters. The summed E-state index contributed by atoms with van der Waals surface area (Å²) in [6, 6.07) is 1.98. The van der Waals surface area contributed by atoms with Gasteiger partial charge in [-0.1, -0.05) is 13.8 Å². The zero-order valence-electron chi connectivity index (χ0n) is 8.65. The summed E-state index contributed by atoms with van der Waals surface area (Å²) in [5.74, 6) is 1.52. The van der Waals surface area contributed by atoms with E-state index >= 15 is 0 Å². The van der Waals surface area contributed by atoms with Crippen molar-refractivity contribution in [3.63, 3.8) is 0 Å². The molecule has 0 saturated heterocycles. The van der Waals surface area contributed by atoms with E-state index in [1.54, 1.807) is 7.11 Å². The third-order valence-corrected chi connectivity index (χ3v) is 4.12. The van der Waals surface area contributed by atoms with Gasteiger partial charge in [0.1, 0.15) is 0 Å². The van der Waals surface area contributed by atoms with Crippen LogP contribution in [0.3, 0.4) is 0 Å². The Bertz CT molecular complexity index is 335. The first-order valence-corrected chi connectivity index (χ1v) is 5.50. The molecule has 3 nitrogen and oxygen atoms in total. The van der Waals surface area contributed by atoms with Crippen molar-refractivity contribution in [3.8, 4) is 5.88 Å². The first kappa shape index (κ1) is 9.93. The third kappa shape index (κ3) is 1.33. The Morgan fingerprint density at radius 3 is 2.79 bits per heavy atom. The van der Waals surface area contributed by atoms with Crippen molar-refractivity contribution in [1.29, 1.82) is 0 Å². The van der Waals surface area contributed by atoms with Crippen LogP contribution in [0.5, 0.6) is 5.88 Å². The molecule has 1 saturated carbocycles. The quantitative estimate of drug-likeness (QED) is 0.833. The molecule has 1 aromatic rings. The van der Waals surface area contributed by atoms with Gasteiger partial charge in [0.2, 0.25) is 5.88 Å². The Kier molecular flexibility index (Phi) is 2.27. The van der Waals surface area contributed by atoms with E-state index in [4.69, 9.17) is 4.74 Å². The standard InChI is InChI=1S/C10H15NO2S/c1-10(2)6(5-12)9(10)7-4-8(13-3)11-14-7/h4,6,9,12H,5H2,1-3H3. The van der Waals surface area contributed by atoms with Gasteiger partial charge in [-0.3, -0.25) is 0 Å². The highest BCUT2D eigenvalue weighted by Gasteiger charge is 2.58. The first-order chi connectivity index (χ1) is 6.61. The average Bonchev–Trinajstić information content (AvgIpc) is 2.55. The number of aliphatic hydroxyl groups excluding tert-OH is 1. The van der Waals surface area contributed by atoms with Crippen LogP contribution in [-0.2, 0) is 0 Å². The van der Waals surface area contributed by atoms with Crippen molar-refractivity contribution >= 4 is 11.5 Å². The van der Waals surface area contributed by atoms with Crippen molar-refractivity contribution in [2.45, 2.75) is 19.8 Å². The summed E-state index contributed by atoms with van der Waals surface area (Å²) < 4.78 is 9.21. The highest BCUT2D eigenvalue weighted by molar-refractivity contribution is 7.06. The van der Waals surface area contributed by atoms with Gasteiger partial charge in [0.05, 0.1) is 7.11 Å². The zero-order valence-corrected chi connectivity index (χ0v) is 9.47. The maximum Gasteiger partial charge on any atom is 0.225 e. The normalized spacial score (nSPS) is 28.9. The molecule has 0 amide bonds. The summed E-state index contributed by atoms with van der Waals surface area (Å²) in [6.07, 6.45) is 0. The highest BCUT2D eigenvalue weighted by Crippen LogP contribution is 2.64. The molecular weight excluding hydrogens is 198 g/mol. The number of aliphatic hydroxyl groups is 1. The van der Waals surface area contributed by atoms with Crippen LogP contribution >= 0.6 is 11.5 Å². The Morgan fingerprint density at radius 2 is 2.36 bits per heavy atom. The van der Waals surface area contributed by atoms with E-state index in [1.165, 1.54) is 16.4 Å². The minimum absolute atomic E-state index is 0.215. The SMILES string of the molecule is COc1cc(C2C(CO)C2(C)C)sn1. The molecular formula is C10H15NO2S. The van der Waals surface area contributed by atoms with E-state index < -0.39 is 0 Å². The Balaban J connectivity index is 2.18. The summed E-state index contributed by atoms with van der Waals surface area (Å²) in [5.41, 5.74) is 0.215. The number of aromatic nitrogens is 1. The molecule has 0 radical (unpaired) electrons. The molecule has 4 heteroatoms. The van der Waals surface area contributed by atoms with Gasteiger partial charge in [0.15, 0.2) is 0 Å². The predicted molar refractivity (Wildman–Crippen MR) is 55.8 cm³/mol. The van der Waals surface area contributed by atoms with Crippen LogP contribution in [0.4, 0.5) is 0 Å². The first-order valence-electron chi connectivity index (χ1n) is 4.72. The van der Waals surface area contributed by atoms with Gasteiger partial charge >= 0.3 is 0 Å². The van der Waals surface area contributed by atoms with E-state index in [0.717, 1.165) is 0 Å². The Morgan fingerprint density at radius 1 is 1.64 bits per heavy atom. The summed E-state index contributed by atoms with van der Waals surface area (Å²) in [7, 11) is 1.63. The molecule has 2 unspecified atom stereocenters. The number of ether oxygens (including phenoxy) is 1. The molecule has 1 aliphatic carbocycles. The highest BCUT2D eigenvalue weighted by atomic mass is 32.1. The fraction of sp³-hybridized carbons (Fsp3) is 0.700. The van der Waals surface area contributed by atoms with Crippen LogP contribution in [-0.4, -0.2) is 23.2 Å². The van der Waals surface area contributed by atoms with Crippen LogP contribution in [0.15, 0.2) is 6.07 Å². The van der Waals surface area contributed by atoms with Gasteiger partial charge in [-0.05, 0) is 22.9 Å². The zero-order chi connectivity index (χ0) is 10.3. The number of methoxy groups -OCH3 is 1. The third-order valence-electron chi connectivity index (χ3n) is 3.27. The summed E-state index contributed by atoms with van der Waals surface area (Å²) in [5, 5.41) is 9.19. The van der Waals surface area contributed by atoms with Crippen LogP contribution in [0.25, 0.3) is 0 Å². The van der Waals surface area contributed by atoms with E-state index in [-0.39, 0.29) is 12.0 Å². The largest absolute Gasteiger partial charge is 0.480 e. The maximum absolute atomic E-state index is 9.19. The second-order valence-corrected chi connectivity index (χ2v) is 5.20. The van der Waals surface area contributed by atoms with Crippen LogP contribution in [0.2, 0.25) is 0 Å². The van der Waals surface area contributed by atoms with Gasteiger partial charge in [-0.2, -0.15) is 4.37 Å². The molecule has 1 aromatic heterocycles. The lowest BCUT2D eigenvalue weighted by molar-refractivity contribution is 0.257. The molecule has 78 valence electrons. The fourth-order valence-corrected chi connectivity index (χ4v) is 3.22. The lowest BCUT2D eigenvalue weighted by atomic mass is 10.1. The lowest BCUT2D eigenvalue weighted by Gasteiger charge is -1.98. The Labute approximate surface area is 87.9 Å². The smallest absolute Gasteiger partial charge is 0.225 e. The van der Waals surface area contributed by atoms with Crippen LogP contribution in [0, 0.1) is 11.3 Å². The van der Waals surface area contributed by atoms with E-state index in [2.05, 4.69) is 18.2 Å². The van der Waals surface area contributed by atoms with Gasteiger partial charge in [0, 0.05) is 23.5 Å². The van der Waals surface area contributed by atoms with Crippen molar-refractivity contribution in [2.24, 2.45) is 11.3 Å². The van der Waals surface area contributed by atoms with Gasteiger partial charge in [0.25, 0.3) is 0 Å². The summed E-state index contributed by atoms with van der Waals surface area (Å²) in [4.78, 5) is 1.23. The number of hydrogen-bond acceptors (Lipinski definition) is 4. The monoisotopic (exact) mass is 213 g/mol. The minimum Gasteiger partial charge on any atom is -0.480 e. The average molecular weight is 213 g/mol. The summed E-state index contributed by atoms with van der Waals surface area (Å²) >= 11 is 1.48. The van der Waals surface area contributed by atoms with E-state index in [9.17, 15) is 5.11 Å².